The SMILES string of the molecule is N#Cc1ccc(CSCC(=O)NCCc2ccc(O)cc2)cc1. The Morgan fingerprint density at radius 1 is 1.09 bits per heavy atom. The summed E-state index contributed by atoms with van der Waals surface area (Å²) < 4.78 is 0. The summed E-state index contributed by atoms with van der Waals surface area (Å²) in [6.07, 6.45) is 0.742. The Morgan fingerprint density at radius 2 is 1.74 bits per heavy atom. The van der Waals surface area contributed by atoms with Gasteiger partial charge in [-0.25, -0.2) is 0 Å². The lowest BCUT2D eigenvalue weighted by Crippen LogP contribution is -2.27. The van der Waals surface area contributed by atoms with E-state index in [1.807, 2.05) is 24.3 Å². The number of nitrogens with one attached hydrogen (secondary N) is 1. The van der Waals surface area contributed by atoms with Crippen LogP contribution in [0.5, 0.6) is 5.75 Å². The van der Waals surface area contributed by atoms with Crippen LogP contribution in [0.25, 0.3) is 0 Å². The van der Waals surface area contributed by atoms with Gasteiger partial charge < -0.3 is 10.4 Å². The summed E-state index contributed by atoms with van der Waals surface area (Å²) in [6, 6.07) is 16.5. The molecular formula is C18H18N2O2S. The van der Waals surface area contributed by atoms with E-state index in [-0.39, 0.29) is 11.7 Å². The van der Waals surface area contributed by atoms with Gasteiger partial charge in [-0.1, -0.05) is 24.3 Å². The van der Waals surface area contributed by atoms with Gasteiger partial charge in [0.2, 0.25) is 5.91 Å². The van der Waals surface area contributed by atoms with Gasteiger partial charge in [-0.3, -0.25) is 4.79 Å². The Hall–Kier alpha value is -2.45. The van der Waals surface area contributed by atoms with E-state index in [9.17, 15) is 9.90 Å². The first-order valence-corrected chi connectivity index (χ1v) is 8.44. The van der Waals surface area contributed by atoms with Crippen molar-refractivity contribution in [1.82, 2.24) is 5.32 Å². The molecule has 0 saturated heterocycles. The second-order valence-electron chi connectivity index (χ2n) is 5.07. The Bertz CT molecular complexity index is 676. The highest BCUT2D eigenvalue weighted by molar-refractivity contribution is 7.99. The minimum atomic E-state index is 0.0161. The number of rotatable bonds is 7. The molecule has 0 radical (unpaired) electrons. The van der Waals surface area contributed by atoms with E-state index in [1.54, 1.807) is 36.0 Å². The van der Waals surface area contributed by atoms with E-state index in [2.05, 4.69) is 11.4 Å². The van der Waals surface area contributed by atoms with Gasteiger partial charge in [0.05, 0.1) is 17.4 Å². The number of thioether (sulfide) groups is 1. The summed E-state index contributed by atoms with van der Waals surface area (Å²) in [5, 5.41) is 20.8. The molecule has 1 amide bonds. The van der Waals surface area contributed by atoms with Crippen LogP contribution in [0.2, 0.25) is 0 Å². The fraction of sp³-hybridized carbons (Fsp3) is 0.222. The molecule has 0 bridgehead atoms. The number of aromatic hydroxyl groups is 1. The fourth-order valence-electron chi connectivity index (χ4n) is 2.00. The van der Waals surface area contributed by atoms with E-state index in [0.29, 0.717) is 17.9 Å². The zero-order valence-electron chi connectivity index (χ0n) is 12.7. The van der Waals surface area contributed by atoms with Crippen LogP contribution in [0, 0.1) is 11.3 Å². The van der Waals surface area contributed by atoms with Gasteiger partial charge >= 0.3 is 0 Å². The van der Waals surface area contributed by atoms with Gasteiger partial charge in [0.1, 0.15) is 5.75 Å². The smallest absolute Gasteiger partial charge is 0.230 e. The summed E-state index contributed by atoms with van der Waals surface area (Å²) >= 11 is 1.55. The van der Waals surface area contributed by atoms with Crippen LogP contribution in [0.15, 0.2) is 48.5 Å². The highest BCUT2D eigenvalue weighted by Crippen LogP contribution is 2.13. The molecule has 2 aromatic rings. The van der Waals surface area contributed by atoms with Crippen molar-refractivity contribution in [2.45, 2.75) is 12.2 Å². The second-order valence-corrected chi connectivity index (χ2v) is 6.05. The van der Waals surface area contributed by atoms with Crippen molar-refractivity contribution in [3.63, 3.8) is 0 Å². The van der Waals surface area contributed by atoms with Gasteiger partial charge in [0.15, 0.2) is 0 Å². The number of carbonyl (C=O) groups is 1. The minimum Gasteiger partial charge on any atom is -0.508 e. The molecule has 0 aliphatic carbocycles. The Kier molecular flexibility index (Phi) is 6.52. The molecule has 0 unspecified atom stereocenters. The van der Waals surface area contributed by atoms with E-state index >= 15 is 0 Å². The van der Waals surface area contributed by atoms with Crippen LogP contribution in [0.3, 0.4) is 0 Å². The Balaban J connectivity index is 1.63. The third-order valence-corrected chi connectivity index (χ3v) is 4.26. The molecule has 0 aromatic heterocycles. The third-order valence-electron chi connectivity index (χ3n) is 3.26. The van der Waals surface area contributed by atoms with Crippen molar-refractivity contribution in [1.29, 1.82) is 5.26 Å². The van der Waals surface area contributed by atoms with E-state index in [4.69, 9.17) is 5.26 Å². The largest absolute Gasteiger partial charge is 0.508 e. The molecule has 4 nitrogen and oxygen atoms in total. The van der Waals surface area contributed by atoms with Crippen LogP contribution < -0.4 is 5.32 Å². The number of nitrogens with zero attached hydrogens (tertiary/aromatic N) is 1. The molecule has 0 aliphatic heterocycles. The summed E-state index contributed by atoms with van der Waals surface area (Å²) in [4.78, 5) is 11.8. The first-order valence-electron chi connectivity index (χ1n) is 7.29. The van der Waals surface area contributed by atoms with Gasteiger partial charge in [0.25, 0.3) is 0 Å². The molecule has 2 rings (SSSR count). The lowest BCUT2D eigenvalue weighted by atomic mass is 10.1. The van der Waals surface area contributed by atoms with Gasteiger partial charge in [-0.2, -0.15) is 5.26 Å². The number of nitriles is 1. The van der Waals surface area contributed by atoms with Crippen LogP contribution >= 0.6 is 11.8 Å². The first-order chi connectivity index (χ1) is 11.2. The minimum absolute atomic E-state index is 0.0161. The molecule has 0 spiro atoms. The highest BCUT2D eigenvalue weighted by Gasteiger charge is 2.02. The van der Waals surface area contributed by atoms with Gasteiger partial charge in [-0.15, -0.1) is 11.8 Å². The third kappa shape index (κ3) is 6.05. The zero-order valence-corrected chi connectivity index (χ0v) is 13.5. The average molecular weight is 326 g/mol. The van der Waals surface area contributed by atoms with Crippen molar-refractivity contribution in [3.8, 4) is 11.8 Å². The second kappa shape index (κ2) is 8.86. The van der Waals surface area contributed by atoms with Crippen LogP contribution in [0.4, 0.5) is 0 Å². The lowest BCUT2D eigenvalue weighted by molar-refractivity contribution is -0.118. The molecule has 23 heavy (non-hydrogen) atoms. The summed E-state index contributed by atoms with van der Waals surface area (Å²) in [5.41, 5.74) is 2.82. The van der Waals surface area contributed by atoms with Crippen LogP contribution in [-0.4, -0.2) is 23.3 Å². The van der Waals surface area contributed by atoms with Crippen molar-refractivity contribution >= 4 is 17.7 Å². The molecule has 2 N–H and O–H groups in total. The summed E-state index contributed by atoms with van der Waals surface area (Å²) in [6.45, 7) is 0.584. The number of hydrogen-bond donors (Lipinski definition) is 2. The maximum atomic E-state index is 11.8. The molecule has 0 heterocycles. The molecule has 0 atom stereocenters. The maximum absolute atomic E-state index is 11.8. The molecular weight excluding hydrogens is 308 g/mol. The van der Waals surface area contributed by atoms with Gasteiger partial charge in [-0.05, 0) is 41.8 Å². The number of amides is 1. The normalized spacial score (nSPS) is 10.0. The fourth-order valence-corrected chi connectivity index (χ4v) is 2.81. The molecule has 0 fully saturated rings. The van der Waals surface area contributed by atoms with Crippen LogP contribution in [-0.2, 0) is 17.0 Å². The number of carbonyl (C=O) groups excluding carboxylic acids is 1. The number of phenolic OH excluding ortho intramolecular Hbond substituents is 1. The lowest BCUT2D eigenvalue weighted by Gasteiger charge is -2.06. The zero-order chi connectivity index (χ0) is 16.5. The Morgan fingerprint density at radius 3 is 2.39 bits per heavy atom. The predicted molar refractivity (Wildman–Crippen MR) is 92.1 cm³/mol. The van der Waals surface area contributed by atoms with Crippen LogP contribution in [0.1, 0.15) is 16.7 Å². The highest BCUT2D eigenvalue weighted by atomic mass is 32.2. The van der Waals surface area contributed by atoms with Crippen molar-refractivity contribution in [2.75, 3.05) is 12.3 Å². The van der Waals surface area contributed by atoms with Crippen molar-refractivity contribution in [3.05, 3.63) is 65.2 Å². The van der Waals surface area contributed by atoms with Crippen molar-refractivity contribution < 1.29 is 9.90 Å². The molecule has 5 heteroatoms. The molecule has 118 valence electrons. The average Bonchev–Trinajstić information content (AvgIpc) is 2.57. The quantitative estimate of drug-likeness (QED) is 0.820. The van der Waals surface area contributed by atoms with E-state index in [1.165, 1.54) is 0 Å². The van der Waals surface area contributed by atoms with E-state index in [0.717, 1.165) is 23.3 Å². The van der Waals surface area contributed by atoms with Gasteiger partial charge in [0, 0.05) is 12.3 Å². The monoisotopic (exact) mass is 326 g/mol. The first kappa shape index (κ1) is 16.9. The molecule has 0 aliphatic rings. The molecule has 0 saturated carbocycles. The molecule has 2 aromatic carbocycles. The number of phenols is 1. The number of benzene rings is 2. The number of hydrogen-bond acceptors (Lipinski definition) is 4. The summed E-state index contributed by atoms with van der Waals surface area (Å²) in [5.74, 6) is 1.42. The topological polar surface area (TPSA) is 73.1 Å². The Labute approximate surface area is 140 Å². The van der Waals surface area contributed by atoms with E-state index < -0.39 is 0 Å². The maximum Gasteiger partial charge on any atom is 0.230 e. The summed E-state index contributed by atoms with van der Waals surface area (Å²) in [7, 11) is 0. The predicted octanol–water partition coefficient (Wildman–Crippen LogP) is 2.86. The van der Waals surface area contributed by atoms with Crippen molar-refractivity contribution in [2.24, 2.45) is 0 Å². The standard InChI is InChI=1S/C18H18N2O2S/c19-11-15-1-3-16(4-2-15)12-23-13-18(22)20-10-9-14-5-7-17(21)8-6-14/h1-8,21H,9-10,12-13H2,(H,20,22).